The number of allylic oxidation sites excluding steroid dienone is 3. The molecule has 1 aliphatic carbocycles. The normalized spacial score (nSPS) is 17.0. The number of nitrogens with zero attached hydrogens (tertiary/aromatic N) is 4. The van der Waals surface area contributed by atoms with E-state index in [0.29, 0.717) is 35.3 Å². The Bertz CT molecular complexity index is 1370. The summed E-state index contributed by atoms with van der Waals surface area (Å²) in [5, 5.41) is 14.9. The number of hydrogen-bond donors (Lipinski definition) is 4. The molecule has 2 aromatic heterocycles. The number of ether oxygens (including phenoxy) is 1. The highest BCUT2D eigenvalue weighted by Gasteiger charge is 2.51. The Morgan fingerprint density at radius 3 is 2.54 bits per heavy atom. The fraction of sp³-hybridized carbons (Fsp3) is 0.379. The summed E-state index contributed by atoms with van der Waals surface area (Å²) in [7, 11) is 1.58. The SMILES string of the molecule is C=C/C(OC)=C(\C=C\c1ccc2nc(NC(C)C(/C=C\C(C)N(N)C=N)=C/C)nc(NC3(C(F)F)CC3)c2n1)SC. The van der Waals surface area contributed by atoms with Crippen LogP contribution in [-0.4, -0.2) is 63.7 Å². The first-order chi connectivity index (χ1) is 19.6. The van der Waals surface area contributed by atoms with Crippen molar-refractivity contribution in [3.63, 3.8) is 0 Å². The number of rotatable bonds is 15. The molecule has 1 aliphatic rings. The van der Waals surface area contributed by atoms with Gasteiger partial charge in [0.25, 0.3) is 6.43 Å². The van der Waals surface area contributed by atoms with Crippen molar-refractivity contribution in [1.29, 1.82) is 5.41 Å². The van der Waals surface area contributed by atoms with Crippen LogP contribution in [-0.2, 0) is 4.74 Å². The molecule has 1 fully saturated rings. The van der Waals surface area contributed by atoms with Gasteiger partial charge >= 0.3 is 0 Å². The first-order valence-corrected chi connectivity index (χ1v) is 14.4. The molecule has 2 unspecified atom stereocenters. The summed E-state index contributed by atoms with van der Waals surface area (Å²) in [6.45, 7) is 9.51. The van der Waals surface area contributed by atoms with Crippen LogP contribution in [0.4, 0.5) is 20.5 Å². The molecule has 2 heterocycles. The van der Waals surface area contributed by atoms with Gasteiger partial charge in [0, 0.05) is 4.91 Å². The molecule has 12 heteroatoms. The second kappa shape index (κ2) is 14.2. The lowest BCUT2D eigenvalue weighted by molar-refractivity contribution is 0.114. The number of nitrogens with one attached hydrogen (secondary N) is 3. The summed E-state index contributed by atoms with van der Waals surface area (Å²) in [5.74, 6) is 6.94. The Hall–Kier alpha value is -3.77. The van der Waals surface area contributed by atoms with Crippen molar-refractivity contribution >= 4 is 47.0 Å². The van der Waals surface area contributed by atoms with E-state index >= 15 is 0 Å². The van der Waals surface area contributed by atoms with Crippen LogP contribution in [0.5, 0.6) is 0 Å². The van der Waals surface area contributed by atoms with E-state index in [9.17, 15) is 8.78 Å². The minimum Gasteiger partial charge on any atom is -0.496 e. The van der Waals surface area contributed by atoms with Gasteiger partial charge in [-0.05, 0) is 75.8 Å². The van der Waals surface area contributed by atoms with Gasteiger partial charge in [0.1, 0.15) is 11.3 Å². The molecule has 0 radical (unpaired) electrons. The molecule has 1 saturated carbocycles. The molecule has 0 saturated heterocycles. The maximum absolute atomic E-state index is 13.9. The van der Waals surface area contributed by atoms with E-state index in [-0.39, 0.29) is 23.8 Å². The minimum atomic E-state index is -2.55. The summed E-state index contributed by atoms with van der Waals surface area (Å²) < 4.78 is 33.2. The highest BCUT2D eigenvalue weighted by atomic mass is 32.2. The molecular weight excluding hydrogens is 546 g/mol. The molecule has 41 heavy (non-hydrogen) atoms. The first kappa shape index (κ1) is 31.8. The Balaban J connectivity index is 1.98. The van der Waals surface area contributed by atoms with Gasteiger partial charge in [0.2, 0.25) is 5.95 Å². The predicted octanol–water partition coefficient (Wildman–Crippen LogP) is 6.13. The van der Waals surface area contributed by atoms with Gasteiger partial charge in [-0.25, -0.2) is 24.6 Å². The Kier molecular flexibility index (Phi) is 11.0. The van der Waals surface area contributed by atoms with E-state index in [1.807, 2.05) is 63.5 Å². The van der Waals surface area contributed by atoms with Gasteiger partial charge in [-0.3, -0.25) is 10.4 Å². The molecule has 9 nitrogen and oxygen atoms in total. The number of hydrazine groups is 1. The molecule has 2 atom stereocenters. The third kappa shape index (κ3) is 7.92. The van der Waals surface area contributed by atoms with Crippen LogP contribution in [0.1, 0.15) is 39.3 Å². The van der Waals surface area contributed by atoms with E-state index in [1.54, 1.807) is 19.3 Å². The molecule has 0 aromatic carbocycles. The van der Waals surface area contributed by atoms with Gasteiger partial charge in [0.15, 0.2) is 5.82 Å². The molecule has 0 amide bonds. The molecule has 220 valence electrons. The topological polar surface area (TPSA) is 125 Å². The first-order valence-electron chi connectivity index (χ1n) is 13.1. The minimum absolute atomic E-state index is 0.180. The van der Waals surface area contributed by atoms with Crippen LogP contribution < -0.4 is 16.5 Å². The van der Waals surface area contributed by atoms with Crippen LogP contribution >= 0.6 is 11.8 Å². The fourth-order valence-corrected chi connectivity index (χ4v) is 4.55. The monoisotopic (exact) mass is 584 g/mol. The van der Waals surface area contributed by atoms with Crippen LogP contribution in [0.2, 0.25) is 0 Å². The van der Waals surface area contributed by atoms with Crippen LogP contribution in [0.15, 0.2) is 65.3 Å². The number of hydrogen-bond acceptors (Lipinski definition) is 9. The van der Waals surface area contributed by atoms with E-state index < -0.39 is 12.0 Å². The van der Waals surface area contributed by atoms with Gasteiger partial charge in [0.05, 0.1) is 42.3 Å². The average Bonchev–Trinajstić information content (AvgIpc) is 3.76. The summed E-state index contributed by atoms with van der Waals surface area (Å²) in [6.07, 6.45) is 12.2. The molecule has 3 rings (SSSR count). The van der Waals surface area contributed by atoms with Gasteiger partial charge in [-0.15, -0.1) is 11.8 Å². The maximum atomic E-state index is 13.9. The Labute approximate surface area is 244 Å². The second-order valence-corrected chi connectivity index (χ2v) is 10.4. The molecule has 2 aromatic rings. The smallest absolute Gasteiger partial charge is 0.261 e. The van der Waals surface area contributed by atoms with Crippen LogP contribution in [0.25, 0.3) is 17.1 Å². The molecule has 5 N–H and O–H groups in total. The van der Waals surface area contributed by atoms with Crippen molar-refractivity contribution < 1.29 is 13.5 Å². The number of alkyl halides is 2. The summed E-state index contributed by atoms with van der Waals surface area (Å²) in [5.41, 5.74) is 1.14. The average molecular weight is 585 g/mol. The highest BCUT2D eigenvalue weighted by molar-refractivity contribution is 8.02. The number of thioether (sulfide) groups is 1. The van der Waals surface area contributed by atoms with Crippen molar-refractivity contribution in [3.8, 4) is 0 Å². The molecule has 0 bridgehead atoms. The van der Waals surface area contributed by atoms with E-state index in [1.165, 1.54) is 16.8 Å². The lowest BCUT2D eigenvalue weighted by atomic mass is 10.1. The zero-order valence-corrected chi connectivity index (χ0v) is 24.8. The third-order valence-electron chi connectivity index (χ3n) is 6.78. The largest absolute Gasteiger partial charge is 0.496 e. The highest BCUT2D eigenvalue weighted by Crippen LogP contribution is 2.44. The fourth-order valence-electron chi connectivity index (χ4n) is 3.97. The predicted molar refractivity (Wildman–Crippen MR) is 166 cm³/mol. The molecule has 0 spiro atoms. The van der Waals surface area contributed by atoms with E-state index in [2.05, 4.69) is 27.2 Å². The van der Waals surface area contributed by atoms with Gasteiger partial charge in [-0.2, -0.15) is 4.98 Å². The zero-order valence-electron chi connectivity index (χ0n) is 24.0. The zero-order chi connectivity index (χ0) is 30.2. The summed E-state index contributed by atoms with van der Waals surface area (Å²) in [4.78, 5) is 14.8. The van der Waals surface area contributed by atoms with Crippen molar-refractivity contribution in [1.82, 2.24) is 20.0 Å². The number of methoxy groups -OCH3 is 1. The summed E-state index contributed by atoms with van der Waals surface area (Å²) in [6, 6.07) is 3.22. The van der Waals surface area contributed by atoms with E-state index in [4.69, 9.17) is 21.0 Å². The molecular formula is C29H38F2N8OS. The van der Waals surface area contributed by atoms with Crippen molar-refractivity contribution in [2.75, 3.05) is 24.0 Å². The lowest BCUT2D eigenvalue weighted by Gasteiger charge is -2.21. The van der Waals surface area contributed by atoms with Gasteiger partial charge < -0.3 is 15.4 Å². The van der Waals surface area contributed by atoms with Crippen LogP contribution in [0, 0.1) is 5.41 Å². The Morgan fingerprint density at radius 1 is 1.24 bits per heavy atom. The Morgan fingerprint density at radius 2 is 1.98 bits per heavy atom. The second-order valence-electron chi connectivity index (χ2n) is 9.59. The number of halogens is 2. The van der Waals surface area contributed by atoms with Crippen LogP contribution in [0.3, 0.4) is 0 Å². The standard InChI is InChI=1S/C29H38F2N8OS/c1-7-20(10-9-18(3)39(33)17-32)19(4)34-28-36-22-13-11-21(12-14-24(41-6)23(8-2)40-5)35-25(22)26(37-28)38-29(15-16-29)27(30)31/h7-14,17-19,27,32H,2,15-16,33H2,1,3-6H3,(H2,34,36,37,38)/b10-9-,14-12+,20-7+,24-23-,32-17?. The maximum Gasteiger partial charge on any atom is 0.261 e. The van der Waals surface area contributed by atoms with Crippen molar-refractivity contribution in [3.05, 3.63) is 71.0 Å². The van der Waals surface area contributed by atoms with Crippen molar-refractivity contribution in [2.24, 2.45) is 5.84 Å². The number of anilines is 2. The number of fused-ring (bicyclic) bond motifs is 1. The number of aromatic nitrogens is 3. The third-order valence-corrected chi connectivity index (χ3v) is 7.55. The van der Waals surface area contributed by atoms with E-state index in [0.717, 1.165) is 16.8 Å². The van der Waals surface area contributed by atoms with Gasteiger partial charge in [-0.1, -0.05) is 24.8 Å². The van der Waals surface area contributed by atoms with Crippen molar-refractivity contribution in [2.45, 2.75) is 57.7 Å². The number of nitrogens with two attached hydrogens (primary N) is 1. The summed E-state index contributed by atoms with van der Waals surface area (Å²) >= 11 is 1.50. The quantitative estimate of drug-likeness (QED) is 0.0489. The lowest BCUT2D eigenvalue weighted by Crippen LogP contribution is -2.36. The molecule has 0 aliphatic heterocycles. The number of pyridine rings is 1.